The van der Waals surface area contributed by atoms with Crippen molar-refractivity contribution in [3.63, 3.8) is 0 Å². The summed E-state index contributed by atoms with van der Waals surface area (Å²) in [6.45, 7) is 5.40. The predicted octanol–water partition coefficient (Wildman–Crippen LogP) is 2.97. The third-order valence-electron chi connectivity index (χ3n) is 6.77. The van der Waals surface area contributed by atoms with Crippen molar-refractivity contribution in [3.05, 3.63) is 48.3 Å². The molecule has 38 heavy (non-hydrogen) atoms. The van der Waals surface area contributed by atoms with Crippen LogP contribution in [0.4, 0.5) is 35.3 Å². The summed E-state index contributed by atoms with van der Waals surface area (Å²) in [7, 11) is 0. The first-order valence-electron chi connectivity index (χ1n) is 12.1. The Kier molecular flexibility index (Phi) is 7.48. The number of aliphatic hydroxyl groups excluding tert-OH is 1. The number of fused-ring (bicyclic) bond motifs is 4. The summed E-state index contributed by atoms with van der Waals surface area (Å²) in [5, 5.41) is 23.3. The number of hydrogen-bond donors (Lipinski definition) is 4. The highest BCUT2D eigenvalue weighted by atomic mass is 19.4. The number of carbonyl (C=O) groups is 1. The molecule has 2 aromatic rings. The van der Waals surface area contributed by atoms with Crippen LogP contribution >= 0.6 is 0 Å². The second-order valence-corrected chi connectivity index (χ2v) is 9.56. The molecule has 0 aromatic carbocycles. The Morgan fingerprint density at radius 1 is 1.39 bits per heavy atom. The molecule has 2 aliphatic heterocycles. The Bertz CT molecular complexity index is 1260. The minimum Gasteiger partial charge on any atom is -0.395 e. The van der Waals surface area contributed by atoms with E-state index in [9.17, 15) is 23.1 Å². The van der Waals surface area contributed by atoms with Crippen LogP contribution in [-0.2, 0) is 6.42 Å². The number of rotatable bonds is 8. The molecule has 0 radical (unpaired) electrons. The number of nitriles is 1. The number of alkyl halides is 3. The second-order valence-electron chi connectivity index (χ2n) is 9.56. The number of nitrogens with one attached hydrogen (secondary N) is 2. The molecule has 5 N–H and O–H groups in total. The minimum atomic E-state index is -4.47. The largest absolute Gasteiger partial charge is 0.408 e. The molecule has 2 amide bonds. The SMILES string of the molecule is C=C(N[C@H](C)C(F)(F)F)c1ccc2c(n1)N(C(=O)Nc1cc(CC[C@H](C#N)CO)ccn1)[C@@]1(N)CCN2C1. The van der Waals surface area contributed by atoms with Crippen molar-refractivity contribution in [2.45, 2.75) is 44.1 Å². The van der Waals surface area contributed by atoms with Gasteiger partial charge in [0.1, 0.15) is 17.5 Å². The summed E-state index contributed by atoms with van der Waals surface area (Å²) < 4.78 is 39.1. The molecule has 4 heterocycles. The van der Waals surface area contributed by atoms with Gasteiger partial charge in [0.2, 0.25) is 0 Å². The molecular formula is C25H29F3N8O2. The van der Waals surface area contributed by atoms with Gasteiger partial charge in [-0.15, -0.1) is 0 Å². The Morgan fingerprint density at radius 2 is 2.16 bits per heavy atom. The van der Waals surface area contributed by atoms with Gasteiger partial charge in [-0.05, 0) is 49.6 Å². The molecule has 0 unspecified atom stereocenters. The minimum absolute atomic E-state index is 0.0371. The van der Waals surface area contributed by atoms with Crippen LogP contribution in [0.15, 0.2) is 37.0 Å². The summed E-state index contributed by atoms with van der Waals surface area (Å²) in [6, 6.07) is 6.29. The number of amides is 2. The Labute approximate surface area is 218 Å². The maximum Gasteiger partial charge on any atom is 0.408 e. The molecule has 1 fully saturated rings. The number of aryl methyl sites for hydroxylation is 1. The van der Waals surface area contributed by atoms with Crippen LogP contribution in [-0.4, -0.2) is 58.7 Å². The number of aromatic nitrogens is 2. The van der Waals surface area contributed by atoms with Gasteiger partial charge >= 0.3 is 12.2 Å². The maximum atomic E-state index is 13.6. The zero-order valence-corrected chi connectivity index (χ0v) is 20.8. The Balaban J connectivity index is 1.58. The molecular weight excluding hydrogens is 501 g/mol. The molecule has 13 heteroatoms. The quantitative estimate of drug-likeness (QED) is 0.408. The molecule has 2 aromatic heterocycles. The van der Waals surface area contributed by atoms with E-state index < -0.39 is 29.8 Å². The highest BCUT2D eigenvalue weighted by molar-refractivity contribution is 6.05. The first kappa shape index (κ1) is 27.2. The van der Waals surface area contributed by atoms with E-state index in [2.05, 4.69) is 27.2 Å². The lowest BCUT2D eigenvalue weighted by molar-refractivity contribution is -0.148. The van der Waals surface area contributed by atoms with Gasteiger partial charge in [-0.3, -0.25) is 10.2 Å². The van der Waals surface area contributed by atoms with Gasteiger partial charge in [-0.25, -0.2) is 14.8 Å². The zero-order valence-electron chi connectivity index (χ0n) is 20.8. The van der Waals surface area contributed by atoms with Gasteiger partial charge in [0.15, 0.2) is 5.82 Å². The molecule has 0 aliphatic carbocycles. The number of nitrogens with zero attached hydrogens (tertiary/aromatic N) is 5. The van der Waals surface area contributed by atoms with E-state index in [1.165, 1.54) is 11.1 Å². The summed E-state index contributed by atoms with van der Waals surface area (Å²) in [5.74, 6) is -0.0151. The van der Waals surface area contributed by atoms with Crippen molar-refractivity contribution in [2.24, 2.45) is 11.7 Å². The number of hydrogen-bond acceptors (Lipinski definition) is 8. The molecule has 1 saturated heterocycles. The second kappa shape index (κ2) is 10.5. The van der Waals surface area contributed by atoms with Crippen LogP contribution in [0.3, 0.4) is 0 Å². The van der Waals surface area contributed by atoms with Crippen LogP contribution in [0.1, 0.15) is 31.0 Å². The van der Waals surface area contributed by atoms with Crippen LogP contribution < -0.4 is 26.2 Å². The summed E-state index contributed by atoms with van der Waals surface area (Å²) >= 11 is 0. The van der Waals surface area contributed by atoms with Crippen molar-refractivity contribution < 1.29 is 23.1 Å². The van der Waals surface area contributed by atoms with Gasteiger partial charge in [0.25, 0.3) is 0 Å². The summed E-state index contributed by atoms with van der Waals surface area (Å²) in [6.07, 6.45) is -1.53. The van der Waals surface area contributed by atoms with Crippen molar-refractivity contribution in [1.29, 1.82) is 5.26 Å². The fourth-order valence-electron chi connectivity index (χ4n) is 4.55. The highest BCUT2D eigenvalue weighted by Gasteiger charge is 2.49. The van der Waals surface area contributed by atoms with E-state index in [1.807, 2.05) is 11.0 Å². The van der Waals surface area contributed by atoms with Gasteiger partial charge in [-0.1, -0.05) is 6.58 Å². The molecule has 0 saturated carbocycles. The molecule has 0 spiro atoms. The first-order chi connectivity index (χ1) is 17.9. The number of aliphatic hydroxyl groups is 1. The third kappa shape index (κ3) is 5.51. The number of anilines is 3. The molecule has 2 bridgehead atoms. The Morgan fingerprint density at radius 3 is 2.84 bits per heavy atom. The smallest absolute Gasteiger partial charge is 0.395 e. The van der Waals surface area contributed by atoms with E-state index in [-0.39, 0.29) is 29.6 Å². The lowest BCUT2D eigenvalue weighted by atomic mass is 10.0. The van der Waals surface area contributed by atoms with Gasteiger partial charge in [0.05, 0.1) is 42.2 Å². The normalized spacial score (nSPS) is 19.8. The topological polar surface area (TPSA) is 143 Å². The Hall–Kier alpha value is -3.89. The van der Waals surface area contributed by atoms with Crippen molar-refractivity contribution >= 4 is 29.1 Å². The third-order valence-corrected chi connectivity index (χ3v) is 6.77. The standard InChI is InChI=1S/C25H29F3N8O2/c1-15(32-16(2)25(26,27)28)19-5-6-20-22(33-19)36(24(30)8-10-35(20)14-24)23(38)34-21-11-17(7-9-31-21)3-4-18(12-29)13-37/h5-7,9,11,16,18,32,37H,1,3-4,8,10,13-14,30H2,2H3,(H,31,34,38)/t16-,18-,24+/m1/s1. The van der Waals surface area contributed by atoms with Gasteiger partial charge in [0, 0.05) is 19.2 Å². The number of carbonyl (C=O) groups excluding carboxylic acids is 1. The lowest BCUT2D eigenvalue weighted by Crippen LogP contribution is -2.63. The molecule has 202 valence electrons. The highest BCUT2D eigenvalue weighted by Crippen LogP contribution is 2.43. The average Bonchev–Trinajstić information content (AvgIpc) is 3.21. The van der Waals surface area contributed by atoms with E-state index in [0.29, 0.717) is 38.0 Å². The molecule has 10 nitrogen and oxygen atoms in total. The van der Waals surface area contributed by atoms with Crippen molar-refractivity contribution in [3.8, 4) is 6.07 Å². The van der Waals surface area contributed by atoms with E-state index >= 15 is 0 Å². The monoisotopic (exact) mass is 530 g/mol. The maximum absolute atomic E-state index is 13.6. The van der Waals surface area contributed by atoms with Crippen molar-refractivity contribution in [1.82, 2.24) is 15.3 Å². The van der Waals surface area contributed by atoms with E-state index in [1.54, 1.807) is 24.3 Å². The fourth-order valence-corrected chi connectivity index (χ4v) is 4.55. The van der Waals surface area contributed by atoms with Crippen LogP contribution in [0, 0.1) is 17.2 Å². The van der Waals surface area contributed by atoms with Gasteiger partial charge < -0.3 is 21.1 Å². The van der Waals surface area contributed by atoms with Crippen molar-refractivity contribution in [2.75, 3.05) is 34.8 Å². The van der Waals surface area contributed by atoms with E-state index in [4.69, 9.17) is 11.0 Å². The lowest BCUT2D eigenvalue weighted by Gasteiger charge is -2.42. The van der Waals surface area contributed by atoms with Crippen LogP contribution in [0.25, 0.3) is 5.70 Å². The summed E-state index contributed by atoms with van der Waals surface area (Å²) in [4.78, 5) is 25.6. The average molecular weight is 531 g/mol. The summed E-state index contributed by atoms with van der Waals surface area (Å²) in [5.41, 5.74) is 7.12. The fraction of sp³-hybridized carbons (Fsp3) is 0.440. The van der Waals surface area contributed by atoms with Gasteiger partial charge in [-0.2, -0.15) is 18.4 Å². The molecule has 3 atom stereocenters. The number of pyridine rings is 2. The van der Waals surface area contributed by atoms with E-state index in [0.717, 1.165) is 12.5 Å². The number of halogens is 3. The van der Waals surface area contributed by atoms with Crippen LogP contribution in [0.5, 0.6) is 0 Å². The first-order valence-corrected chi connectivity index (χ1v) is 12.1. The molecule has 2 aliphatic rings. The van der Waals surface area contributed by atoms with Crippen LogP contribution in [0.2, 0.25) is 0 Å². The number of nitrogens with two attached hydrogens (primary N) is 1. The number of urea groups is 1. The molecule has 4 rings (SSSR count). The zero-order chi connectivity index (χ0) is 27.7. The predicted molar refractivity (Wildman–Crippen MR) is 136 cm³/mol.